The molecule has 1 atom stereocenters. The molecule has 2 heterocycles. The fourth-order valence-electron chi connectivity index (χ4n) is 3.98. The van der Waals surface area contributed by atoms with Crippen molar-refractivity contribution in [1.82, 2.24) is 14.4 Å². The average molecular weight is 371 g/mol. The van der Waals surface area contributed by atoms with Crippen molar-refractivity contribution >= 4 is 22.8 Å². The van der Waals surface area contributed by atoms with E-state index in [1.165, 1.54) is 0 Å². The number of para-hydroxylation sites is 1. The zero-order chi connectivity index (χ0) is 19.7. The number of carbonyl (C=O) groups is 2. The van der Waals surface area contributed by atoms with Crippen molar-refractivity contribution in [3.8, 4) is 0 Å². The first kappa shape index (κ1) is 19.1. The number of aromatic carboxylic acids is 1. The molecule has 144 valence electrons. The standard InChI is InChI=1S/C20H25N3O4/c1-13(2)12-22-8-10-23(11-9-22)18(20(26)27)16-14-6-4-5-7-15(14)21(3)17(16)19(24)25/h4-7,18H,1,8-12H2,2-3H3,(H,24,25)(H,26,27)/t18-/m1/s1. The molecular formula is C20H25N3O4. The number of aliphatic carboxylic acids is 1. The molecule has 1 aromatic carbocycles. The van der Waals surface area contributed by atoms with Crippen LogP contribution in [0.15, 0.2) is 36.4 Å². The van der Waals surface area contributed by atoms with Crippen molar-refractivity contribution in [1.29, 1.82) is 0 Å². The number of carboxylic acids is 2. The van der Waals surface area contributed by atoms with E-state index in [4.69, 9.17) is 0 Å². The van der Waals surface area contributed by atoms with Gasteiger partial charge in [-0.1, -0.05) is 30.4 Å². The normalized spacial score (nSPS) is 17.1. The molecule has 27 heavy (non-hydrogen) atoms. The summed E-state index contributed by atoms with van der Waals surface area (Å²) in [6.07, 6.45) is 0. The van der Waals surface area contributed by atoms with E-state index in [1.54, 1.807) is 23.7 Å². The Morgan fingerprint density at radius 1 is 1.15 bits per heavy atom. The maximum Gasteiger partial charge on any atom is 0.352 e. The van der Waals surface area contributed by atoms with Crippen molar-refractivity contribution in [3.63, 3.8) is 0 Å². The number of nitrogens with zero attached hydrogens (tertiary/aromatic N) is 3. The van der Waals surface area contributed by atoms with E-state index in [2.05, 4.69) is 11.5 Å². The van der Waals surface area contributed by atoms with Gasteiger partial charge in [0.25, 0.3) is 0 Å². The Hall–Kier alpha value is -2.64. The summed E-state index contributed by atoms with van der Waals surface area (Å²) in [4.78, 5) is 28.3. The van der Waals surface area contributed by atoms with Crippen LogP contribution >= 0.6 is 0 Å². The maximum atomic E-state index is 12.2. The second-order valence-electron chi connectivity index (χ2n) is 7.15. The Morgan fingerprint density at radius 3 is 2.33 bits per heavy atom. The lowest BCUT2D eigenvalue weighted by atomic mass is 10.00. The van der Waals surface area contributed by atoms with Gasteiger partial charge in [0.05, 0.1) is 0 Å². The Morgan fingerprint density at radius 2 is 1.78 bits per heavy atom. The second kappa shape index (κ2) is 7.54. The third-order valence-electron chi connectivity index (χ3n) is 5.12. The van der Waals surface area contributed by atoms with Gasteiger partial charge < -0.3 is 14.8 Å². The van der Waals surface area contributed by atoms with Crippen LogP contribution in [0.25, 0.3) is 10.9 Å². The molecule has 0 unspecified atom stereocenters. The number of fused-ring (bicyclic) bond motifs is 1. The summed E-state index contributed by atoms with van der Waals surface area (Å²) in [5, 5.41) is 20.4. The largest absolute Gasteiger partial charge is 0.480 e. The molecular weight excluding hydrogens is 346 g/mol. The molecule has 1 aromatic heterocycles. The SMILES string of the molecule is C=C(C)CN1CCN([C@@H](C(=O)O)c2c(C(=O)O)n(C)c3ccccc23)CC1. The minimum Gasteiger partial charge on any atom is -0.480 e. The summed E-state index contributed by atoms with van der Waals surface area (Å²) in [7, 11) is 1.67. The summed E-state index contributed by atoms with van der Waals surface area (Å²) in [5.41, 5.74) is 2.19. The van der Waals surface area contributed by atoms with E-state index in [0.29, 0.717) is 24.0 Å². The van der Waals surface area contributed by atoms with E-state index >= 15 is 0 Å². The van der Waals surface area contributed by atoms with Gasteiger partial charge >= 0.3 is 11.9 Å². The lowest BCUT2D eigenvalue weighted by molar-refractivity contribution is -0.144. The third-order valence-corrected chi connectivity index (χ3v) is 5.12. The van der Waals surface area contributed by atoms with Crippen molar-refractivity contribution < 1.29 is 19.8 Å². The predicted molar refractivity (Wildman–Crippen MR) is 103 cm³/mol. The summed E-state index contributed by atoms with van der Waals surface area (Å²) in [5.74, 6) is -2.14. The van der Waals surface area contributed by atoms with Gasteiger partial charge in [-0.3, -0.25) is 14.6 Å². The molecule has 2 N–H and O–H groups in total. The fourth-order valence-corrected chi connectivity index (χ4v) is 3.98. The van der Waals surface area contributed by atoms with Crippen LogP contribution in [0.1, 0.15) is 29.0 Å². The van der Waals surface area contributed by atoms with Gasteiger partial charge in [-0.05, 0) is 13.0 Å². The lowest BCUT2D eigenvalue weighted by Crippen LogP contribution is -2.49. The molecule has 0 aliphatic carbocycles. The summed E-state index contributed by atoms with van der Waals surface area (Å²) >= 11 is 0. The first-order valence-electron chi connectivity index (χ1n) is 8.95. The molecule has 0 radical (unpaired) electrons. The van der Waals surface area contributed by atoms with Gasteiger partial charge in [0.1, 0.15) is 11.7 Å². The van der Waals surface area contributed by atoms with Gasteiger partial charge in [-0.25, -0.2) is 4.79 Å². The van der Waals surface area contributed by atoms with Crippen LogP contribution in [0, 0.1) is 0 Å². The highest BCUT2D eigenvalue weighted by Gasteiger charge is 2.36. The van der Waals surface area contributed by atoms with Crippen LogP contribution in [0.3, 0.4) is 0 Å². The van der Waals surface area contributed by atoms with Crippen LogP contribution in [0.2, 0.25) is 0 Å². The molecule has 0 bridgehead atoms. The van der Waals surface area contributed by atoms with Crippen LogP contribution in [0.5, 0.6) is 0 Å². The summed E-state index contributed by atoms with van der Waals surface area (Å²) in [6, 6.07) is 6.25. The number of benzene rings is 1. The maximum absolute atomic E-state index is 12.2. The zero-order valence-corrected chi connectivity index (χ0v) is 15.7. The molecule has 0 spiro atoms. The molecule has 7 heteroatoms. The molecule has 1 fully saturated rings. The molecule has 0 amide bonds. The predicted octanol–water partition coefficient (Wildman–Crippen LogP) is 2.20. The third kappa shape index (κ3) is 3.61. The number of aromatic nitrogens is 1. The van der Waals surface area contributed by atoms with Crippen LogP contribution in [-0.4, -0.2) is 69.2 Å². The highest BCUT2D eigenvalue weighted by atomic mass is 16.4. The summed E-state index contributed by atoms with van der Waals surface area (Å²) < 4.78 is 1.57. The van der Waals surface area contributed by atoms with E-state index in [1.807, 2.05) is 24.0 Å². The minimum absolute atomic E-state index is 0.0352. The Balaban J connectivity index is 2.02. The number of piperazine rings is 1. The molecule has 2 aromatic rings. The highest BCUT2D eigenvalue weighted by molar-refractivity contribution is 6.01. The molecule has 1 aliphatic rings. The lowest BCUT2D eigenvalue weighted by Gasteiger charge is -2.38. The number of hydrogen-bond acceptors (Lipinski definition) is 4. The zero-order valence-electron chi connectivity index (χ0n) is 15.7. The number of aryl methyl sites for hydroxylation is 1. The molecule has 1 aliphatic heterocycles. The number of rotatable bonds is 6. The Labute approximate surface area is 158 Å². The molecule has 7 nitrogen and oxygen atoms in total. The van der Waals surface area contributed by atoms with E-state index < -0.39 is 18.0 Å². The van der Waals surface area contributed by atoms with Gasteiger partial charge in [0.2, 0.25) is 0 Å². The van der Waals surface area contributed by atoms with E-state index in [0.717, 1.165) is 30.7 Å². The average Bonchev–Trinajstić information content (AvgIpc) is 2.89. The van der Waals surface area contributed by atoms with Crippen LogP contribution < -0.4 is 0 Å². The first-order valence-corrected chi connectivity index (χ1v) is 8.95. The smallest absolute Gasteiger partial charge is 0.352 e. The van der Waals surface area contributed by atoms with Crippen LogP contribution in [-0.2, 0) is 11.8 Å². The van der Waals surface area contributed by atoms with E-state index in [9.17, 15) is 19.8 Å². The Kier molecular flexibility index (Phi) is 5.34. The molecule has 3 rings (SSSR count). The van der Waals surface area contributed by atoms with Crippen molar-refractivity contribution in [2.45, 2.75) is 13.0 Å². The first-order chi connectivity index (χ1) is 12.8. The second-order valence-corrected chi connectivity index (χ2v) is 7.15. The topological polar surface area (TPSA) is 86.0 Å². The Bertz CT molecular complexity index is 894. The van der Waals surface area contributed by atoms with Gasteiger partial charge in [0, 0.05) is 56.2 Å². The molecule has 0 saturated carbocycles. The van der Waals surface area contributed by atoms with Gasteiger partial charge in [-0.15, -0.1) is 0 Å². The van der Waals surface area contributed by atoms with Crippen LogP contribution in [0.4, 0.5) is 0 Å². The molecule has 1 saturated heterocycles. The van der Waals surface area contributed by atoms with Gasteiger partial charge in [0.15, 0.2) is 0 Å². The van der Waals surface area contributed by atoms with E-state index in [-0.39, 0.29) is 5.69 Å². The number of carboxylic acid groups (broad SMARTS) is 2. The van der Waals surface area contributed by atoms with Crippen molar-refractivity contribution in [3.05, 3.63) is 47.7 Å². The van der Waals surface area contributed by atoms with Gasteiger partial charge in [-0.2, -0.15) is 0 Å². The highest BCUT2D eigenvalue weighted by Crippen LogP contribution is 2.34. The number of hydrogen-bond donors (Lipinski definition) is 2. The monoisotopic (exact) mass is 371 g/mol. The van der Waals surface area contributed by atoms with Crippen molar-refractivity contribution in [2.75, 3.05) is 32.7 Å². The quantitative estimate of drug-likeness (QED) is 0.757. The minimum atomic E-state index is -1.11. The summed E-state index contributed by atoms with van der Waals surface area (Å²) in [6.45, 7) is 9.27. The van der Waals surface area contributed by atoms with Crippen molar-refractivity contribution in [2.24, 2.45) is 7.05 Å². The fraction of sp³-hybridized carbons (Fsp3) is 0.400.